The summed E-state index contributed by atoms with van der Waals surface area (Å²) in [5, 5.41) is 8.63. The Morgan fingerprint density at radius 2 is 2.00 bits per heavy atom. The van der Waals surface area contributed by atoms with E-state index in [4.69, 9.17) is 5.11 Å². The number of likely N-dealkylation sites (N-methyl/N-ethyl adjacent to an activating group) is 1. The number of ether oxygens (including phenoxy) is 1. The average Bonchev–Trinajstić information content (AvgIpc) is 2.46. The molecule has 0 unspecified atom stereocenters. The van der Waals surface area contributed by atoms with Crippen molar-refractivity contribution in [2.24, 2.45) is 0 Å². The summed E-state index contributed by atoms with van der Waals surface area (Å²) in [7, 11) is -3.03. The van der Waals surface area contributed by atoms with E-state index >= 15 is 0 Å². The molecule has 0 amide bonds. The highest BCUT2D eigenvalue weighted by Crippen LogP contribution is 2.23. The maximum absolute atomic E-state index is 12.7. The van der Waals surface area contributed by atoms with Crippen LogP contribution in [0.5, 0.6) is 0 Å². The minimum Gasteiger partial charge on any atom is -0.480 e. The Morgan fingerprint density at radius 3 is 2.54 bits per heavy atom. The van der Waals surface area contributed by atoms with Gasteiger partial charge in [-0.25, -0.2) is 17.2 Å². The molecule has 0 saturated carbocycles. The molecule has 0 fully saturated rings. The molecular formula is C13H15F4NO5S. The quantitative estimate of drug-likeness (QED) is 0.668. The van der Waals surface area contributed by atoms with Gasteiger partial charge in [-0.15, -0.1) is 0 Å². The van der Waals surface area contributed by atoms with Gasteiger partial charge in [-0.1, -0.05) is 12.1 Å². The van der Waals surface area contributed by atoms with E-state index in [1.165, 1.54) is 18.2 Å². The van der Waals surface area contributed by atoms with Crippen LogP contribution < -0.4 is 0 Å². The summed E-state index contributed by atoms with van der Waals surface area (Å²) in [6, 6.07) is 4.93. The molecule has 1 aromatic carbocycles. The molecule has 0 aliphatic carbocycles. The lowest BCUT2D eigenvalue weighted by atomic mass is 10.2. The first-order chi connectivity index (χ1) is 11.0. The van der Waals surface area contributed by atoms with Crippen molar-refractivity contribution in [2.75, 3.05) is 20.2 Å². The molecule has 0 aliphatic heterocycles. The van der Waals surface area contributed by atoms with Crippen molar-refractivity contribution in [1.82, 2.24) is 4.31 Å². The van der Waals surface area contributed by atoms with Crippen molar-refractivity contribution in [2.45, 2.75) is 23.9 Å². The van der Waals surface area contributed by atoms with Crippen molar-refractivity contribution in [3.63, 3.8) is 0 Å². The molecule has 11 heteroatoms. The van der Waals surface area contributed by atoms with Crippen LogP contribution in [0, 0.1) is 0 Å². The molecule has 0 radical (unpaired) electrons. The molecule has 0 atom stereocenters. The van der Waals surface area contributed by atoms with Gasteiger partial charge in [-0.05, 0) is 17.7 Å². The predicted molar refractivity (Wildman–Crippen MR) is 74.5 cm³/mol. The van der Waals surface area contributed by atoms with Gasteiger partial charge in [0.25, 0.3) is 0 Å². The van der Waals surface area contributed by atoms with Gasteiger partial charge in [0.1, 0.15) is 13.2 Å². The summed E-state index contributed by atoms with van der Waals surface area (Å²) in [5.74, 6) is -5.65. The topological polar surface area (TPSA) is 83.9 Å². The van der Waals surface area contributed by atoms with Crippen LogP contribution in [0.25, 0.3) is 0 Å². The van der Waals surface area contributed by atoms with Gasteiger partial charge in [-0.2, -0.15) is 13.1 Å². The van der Waals surface area contributed by atoms with Crippen LogP contribution in [0.1, 0.15) is 5.56 Å². The number of benzene rings is 1. The Morgan fingerprint density at radius 1 is 1.38 bits per heavy atom. The summed E-state index contributed by atoms with van der Waals surface area (Å²) in [5.41, 5.74) is 0.157. The smallest absolute Gasteiger partial charge is 0.330 e. The third-order valence-corrected chi connectivity index (χ3v) is 4.65. The number of rotatable bonds is 9. The number of carbonyl (C=O) groups is 1. The number of carboxylic acids is 1. The molecule has 0 saturated heterocycles. The standard InChI is InChI=1S/C13H15F4NO5S/c1-18(6-11(19)20)24(21,22)10-4-2-3-9(5-10)7-23-8-13(16,17)12(14)15/h2-5,12H,6-8H2,1H3,(H,19,20). The third kappa shape index (κ3) is 5.42. The summed E-state index contributed by atoms with van der Waals surface area (Å²) in [6.45, 7) is -2.78. The largest absolute Gasteiger partial charge is 0.480 e. The Labute approximate surface area is 135 Å². The summed E-state index contributed by atoms with van der Waals surface area (Å²) < 4.78 is 78.8. The van der Waals surface area contributed by atoms with Crippen LogP contribution >= 0.6 is 0 Å². The van der Waals surface area contributed by atoms with E-state index in [1.54, 1.807) is 0 Å². The van der Waals surface area contributed by atoms with E-state index < -0.39 is 48.1 Å². The zero-order valence-electron chi connectivity index (χ0n) is 12.5. The molecule has 1 aromatic rings. The lowest BCUT2D eigenvalue weighted by Crippen LogP contribution is -2.32. The molecule has 0 bridgehead atoms. The summed E-state index contributed by atoms with van der Waals surface area (Å²) in [4.78, 5) is 10.3. The van der Waals surface area contributed by atoms with E-state index in [2.05, 4.69) is 4.74 Å². The van der Waals surface area contributed by atoms with Crippen molar-refractivity contribution < 1.29 is 40.6 Å². The molecule has 0 spiro atoms. The van der Waals surface area contributed by atoms with Crippen molar-refractivity contribution in [1.29, 1.82) is 0 Å². The fourth-order valence-electron chi connectivity index (χ4n) is 1.62. The molecular weight excluding hydrogens is 358 g/mol. The second-order valence-electron chi connectivity index (χ2n) is 4.86. The SMILES string of the molecule is CN(CC(=O)O)S(=O)(=O)c1cccc(COCC(F)(F)C(F)F)c1. The fourth-order valence-corrected chi connectivity index (χ4v) is 2.81. The zero-order valence-corrected chi connectivity index (χ0v) is 13.3. The summed E-state index contributed by atoms with van der Waals surface area (Å²) in [6.07, 6.45) is -3.87. The van der Waals surface area contributed by atoms with E-state index in [1.807, 2.05) is 0 Å². The Bertz CT molecular complexity index is 681. The van der Waals surface area contributed by atoms with Gasteiger partial charge < -0.3 is 9.84 Å². The van der Waals surface area contributed by atoms with Crippen LogP contribution in [-0.4, -0.2) is 56.3 Å². The van der Waals surface area contributed by atoms with Crippen LogP contribution in [0.4, 0.5) is 17.6 Å². The van der Waals surface area contributed by atoms with Crippen LogP contribution in [0.3, 0.4) is 0 Å². The van der Waals surface area contributed by atoms with E-state index in [0.29, 0.717) is 4.31 Å². The molecule has 0 aliphatic rings. The third-order valence-electron chi connectivity index (χ3n) is 2.85. The number of hydrogen-bond acceptors (Lipinski definition) is 4. The monoisotopic (exact) mass is 373 g/mol. The first-order valence-electron chi connectivity index (χ1n) is 6.47. The second kappa shape index (κ2) is 7.90. The Kier molecular flexibility index (Phi) is 6.69. The average molecular weight is 373 g/mol. The Hall–Kier alpha value is -1.72. The number of halogens is 4. The van der Waals surface area contributed by atoms with E-state index in [-0.39, 0.29) is 10.5 Å². The van der Waals surface area contributed by atoms with Crippen molar-refractivity contribution >= 4 is 16.0 Å². The normalized spacial score (nSPS) is 12.8. The predicted octanol–water partition coefficient (Wildman–Crippen LogP) is 1.81. The second-order valence-corrected chi connectivity index (χ2v) is 6.90. The molecule has 1 N–H and O–H groups in total. The maximum Gasteiger partial charge on any atom is 0.330 e. The minimum atomic E-state index is -4.30. The molecule has 136 valence electrons. The first-order valence-corrected chi connectivity index (χ1v) is 7.91. The number of hydrogen-bond donors (Lipinski definition) is 1. The molecule has 1 rings (SSSR count). The number of alkyl halides is 4. The van der Waals surface area contributed by atoms with Crippen molar-refractivity contribution in [3.05, 3.63) is 29.8 Å². The molecule has 24 heavy (non-hydrogen) atoms. The van der Waals surface area contributed by atoms with Crippen molar-refractivity contribution in [3.8, 4) is 0 Å². The molecule has 0 heterocycles. The highest BCUT2D eigenvalue weighted by Gasteiger charge is 2.40. The molecule has 6 nitrogen and oxygen atoms in total. The molecule has 0 aromatic heterocycles. The maximum atomic E-state index is 12.7. The van der Waals surface area contributed by atoms with Gasteiger partial charge in [0.15, 0.2) is 0 Å². The van der Waals surface area contributed by atoms with Gasteiger partial charge in [-0.3, -0.25) is 4.79 Å². The van der Waals surface area contributed by atoms with Gasteiger partial charge in [0.2, 0.25) is 10.0 Å². The van der Waals surface area contributed by atoms with E-state index in [9.17, 15) is 30.8 Å². The Balaban J connectivity index is 2.82. The highest BCUT2D eigenvalue weighted by molar-refractivity contribution is 7.89. The van der Waals surface area contributed by atoms with Crippen LogP contribution in [0.2, 0.25) is 0 Å². The fraction of sp³-hybridized carbons (Fsp3) is 0.462. The number of sulfonamides is 1. The summed E-state index contributed by atoms with van der Waals surface area (Å²) >= 11 is 0. The zero-order chi connectivity index (χ0) is 18.5. The minimum absolute atomic E-state index is 0.157. The van der Waals surface area contributed by atoms with Crippen LogP contribution in [-0.2, 0) is 26.2 Å². The first kappa shape index (κ1) is 20.3. The lowest BCUT2D eigenvalue weighted by molar-refractivity contribution is -0.168. The van der Waals surface area contributed by atoms with Crippen LogP contribution in [0.15, 0.2) is 29.2 Å². The van der Waals surface area contributed by atoms with Gasteiger partial charge >= 0.3 is 18.3 Å². The van der Waals surface area contributed by atoms with E-state index in [0.717, 1.165) is 13.1 Å². The number of aliphatic carboxylic acids is 1. The van der Waals surface area contributed by atoms with Gasteiger partial charge in [0, 0.05) is 7.05 Å². The lowest BCUT2D eigenvalue weighted by Gasteiger charge is -2.17. The van der Waals surface area contributed by atoms with Gasteiger partial charge in [0.05, 0.1) is 11.5 Å². The number of nitrogens with zero attached hydrogens (tertiary/aromatic N) is 1. The highest BCUT2D eigenvalue weighted by atomic mass is 32.2. The number of carboxylic acid groups (broad SMARTS) is 1.